The van der Waals surface area contributed by atoms with Gasteiger partial charge in [-0.25, -0.2) is 9.59 Å². The predicted octanol–water partition coefficient (Wildman–Crippen LogP) is 8.96. The van der Waals surface area contributed by atoms with Crippen LogP contribution in [0.4, 0.5) is 9.59 Å². The highest BCUT2D eigenvalue weighted by Gasteiger charge is 2.46. The second kappa shape index (κ2) is 22.4. The molecule has 14 heteroatoms. The Morgan fingerprint density at radius 2 is 1.45 bits per heavy atom. The van der Waals surface area contributed by atoms with Gasteiger partial charge in [-0.3, -0.25) is 19.3 Å². The Labute approximate surface area is 409 Å². The summed E-state index contributed by atoms with van der Waals surface area (Å²) >= 11 is 0. The van der Waals surface area contributed by atoms with Crippen LogP contribution in [0.2, 0.25) is 0 Å². The van der Waals surface area contributed by atoms with E-state index >= 15 is 0 Å². The summed E-state index contributed by atoms with van der Waals surface area (Å²) in [4.78, 5) is 73.9. The molecule has 2 fully saturated rings. The number of carbonyl (C=O) groups excluding carboxylic acids is 5. The maximum Gasteiger partial charge on any atom is 0.410 e. The number of benzene rings is 3. The molecule has 4 N–H and O–H groups in total. The normalized spacial score (nSPS) is 19.3. The molecule has 3 aromatic carbocycles. The van der Waals surface area contributed by atoms with Crippen LogP contribution < -0.4 is 16.0 Å². The molecule has 5 amide bonds. The number of nitrogens with one attached hydrogen (secondary N) is 3. The van der Waals surface area contributed by atoms with Crippen molar-refractivity contribution in [3.63, 3.8) is 0 Å². The number of carbonyl (C=O) groups is 5. The third kappa shape index (κ3) is 13.3. The molecule has 0 aromatic heterocycles. The molecule has 2 heterocycles. The van der Waals surface area contributed by atoms with E-state index < -0.39 is 64.9 Å². The first-order valence-electron chi connectivity index (χ1n) is 24.7. The van der Waals surface area contributed by atoms with Crippen LogP contribution in [0.1, 0.15) is 130 Å². The van der Waals surface area contributed by atoms with E-state index in [-0.39, 0.29) is 36.7 Å². The van der Waals surface area contributed by atoms with Crippen LogP contribution in [0.5, 0.6) is 0 Å². The molecule has 4 atom stereocenters. The van der Waals surface area contributed by atoms with Gasteiger partial charge >= 0.3 is 12.2 Å². The molecule has 374 valence electrons. The Bertz CT molecular complexity index is 2240. The average molecular weight is 949 g/mol. The fraction of sp³-hybridized carbons (Fsp3) is 0.545. The van der Waals surface area contributed by atoms with Crippen LogP contribution in [0.15, 0.2) is 91.0 Å². The van der Waals surface area contributed by atoms with Crippen LogP contribution in [-0.4, -0.2) is 111 Å². The van der Waals surface area contributed by atoms with E-state index in [0.717, 1.165) is 27.8 Å². The molecule has 2 aliphatic heterocycles. The number of amides is 5. The minimum absolute atomic E-state index is 0.189. The summed E-state index contributed by atoms with van der Waals surface area (Å²) in [6.07, 6.45) is 6.14. The highest BCUT2D eigenvalue weighted by Crippen LogP contribution is 2.46. The summed E-state index contributed by atoms with van der Waals surface area (Å²) < 4.78 is 10.9. The molecule has 0 spiro atoms. The van der Waals surface area contributed by atoms with Crippen LogP contribution in [0, 0.1) is 11.8 Å². The van der Waals surface area contributed by atoms with Crippen LogP contribution in [0.25, 0.3) is 11.1 Å². The van der Waals surface area contributed by atoms with E-state index in [2.05, 4.69) is 29.8 Å². The Hall–Kier alpha value is -5.73. The molecule has 3 aromatic rings. The van der Waals surface area contributed by atoms with Crippen molar-refractivity contribution in [2.45, 2.75) is 161 Å². The van der Waals surface area contributed by atoms with Gasteiger partial charge in [-0.2, -0.15) is 5.06 Å². The van der Waals surface area contributed by atoms with Crippen molar-refractivity contribution in [3.05, 3.63) is 108 Å². The van der Waals surface area contributed by atoms with Crippen molar-refractivity contribution in [3.8, 4) is 11.1 Å². The van der Waals surface area contributed by atoms with Gasteiger partial charge in [0.15, 0.2) is 0 Å². The number of piperidine rings is 1. The van der Waals surface area contributed by atoms with E-state index in [4.69, 9.17) is 9.47 Å². The van der Waals surface area contributed by atoms with Gasteiger partial charge in [-0.15, -0.1) is 0 Å². The Morgan fingerprint density at radius 3 is 2.03 bits per heavy atom. The summed E-state index contributed by atoms with van der Waals surface area (Å²) in [5.41, 5.74) is 3.04. The molecule has 0 saturated carbocycles. The number of fused-ring (bicyclic) bond motifs is 3. The van der Waals surface area contributed by atoms with Gasteiger partial charge < -0.3 is 35.5 Å². The van der Waals surface area contributed by atoms with E-state index in [9.17, 15) is 29.2 Å². The van der Waals surface area contributed by atoms with Gasteiger partial charge in [-0.1, -0.05) is 105 Å². The first-order chi connectivity index (χ1) is 32.6. The van der Waals surface area contributed by atoms with Crippen LogP contribution >= 0.6 is 0 Å². The maximum atomic E-state index is 14.8. The minimum atomic E-state index is -1.01. The van der Waals surface area contributed by atoms with Gasteiger partial charge in [0.2, 0.25) is 17.7 Å². The van der Waals surface area contributed by atoms with Gasteiger partial charge in [0.25, 0.3) is 0 Å². The van der Waals surface area contributed by atoms with Crippen molar-refractivity contribution in [2.24, 2.45) is 11.8 Å². The summed E-state index contributed by atoms with van der Waals surface area (Å²) in [7, 11) is 1.36. The monoisotopic (exact) mass is 949 g/mol. The molecule has 0 radical (unpaired) electrons. The van der Waals surface area contributed by atoms with Gasteiger partial charge in [0.1, 0.15) is 17.7 Å². The number of hydrogen-bond donors (Lipinski definition) is 4. The summed E-state index contributed by atoms with van der Waals surface area (Å²) in [6.45, 7) is 17.9. The lowest BCUT2D eigenvalue weighted by Gasteiger charge is -2.51. The second-order valence-electron chi connectivity index (χ2n) is 21.7. The number of hydroxylamine groups is 2. The number of nitrogens with zero attached hydrogens (tertiary/aromatic N) is 3. The molecular formula is C55H76N6O8. The van der Waals surface area contributed by atoms with E-state index in [0.29, 0.717) is 51.5 Å². The highest BCUT2D eigenvalue weighted by atomic mass is 16.6. The first kappa shape index (κ1) is 52.6. The minimum Gasteiger partial charge on any atom is -0.453 e. The first-order valence-corrected chi connectivity index (χ1v) is 24.7. The number of methoxy groups -OCH3 is 1. The molecule has 0 bridgehead atoms. The molecule has 6 rings (SSSR count). The largest absolute Gasteiger partial charge is 0.453 e. The summed E-state index contributed by atoms with van der Waals surface area (Å²) in [5.74, 6) is -1.45. The van der Waals surface area contributed by atoms with Crippen molar-refractivity contribution in [1.29, 1.82) is 0 Å². The van der Waals surface area contributed by atoms with E-state index in [1.807, 2.05) is 139 Å². The standard InChI is InChI=1S/C55H76N6O8/c1-36(2)32-39(57-51(65)69-53(3,4)5)29-28-38(33-37-20-12-11-13-21-37)50(64)59-30-19-27-46(59)49(63)58-45(48(62)56-40-34-54(6,7)61(67)55(8,9)35-40)26-18-31-60(52(66)68-10)47-43-24-16-14-22-41(43)42-23-15-17-25-44(42)47/h11-17,20-25,28-29,36,38-40,45-47,67H,18-19,26-27,30-35H2,1-10H3,(H,56,62)(H,57,65)(H,58,63)/b29-28+/t38-,39-,45+,46+/m1/s1. The quantitative estimate of drug-likeness (QED) is 0.0966. The van der Waals surface area contributed by atoms with Crippen molar-refractivity contribution in [2.75, 3.05) is 20.2 Å². The lowest BCUT2D eigenvalue weighted by Crippen LogP contribution is -2.64. The number of ether oxygens (including phenoxy) is 2. The topological polar surface area (TPSA) is 170 Å². The number of likely N-dealkylation sites (tertiary alicyclic amines) is 1. The van der Waals surface area contributed by atoms with Crippen molar-refractivity contribution in [1.82, 2.24) is 30.8 Å². The fourth-order valence-electron chi connectivity index (χ4n) is 10.6. The number of rotatable bonds is 17. The SMILES string of the molecule is COC(=O)N(CCC[C@H](NC(=O)[C@@H]1CCCN1C(=O)[C@H](/C=C/[C@H](CC(C)C)NC(=O)OC(C)(C)C)Cc1ccccc1)C(=O)NC1CC(C)(C)N(O)C(C)(C)C1)C1c2ccccc2-c2ccccc21. The van der Waals surface area contributed by atoms with Crippen molar-refractivity contribution < 1.29 is 38.7 Å². The zero-order valence-electron chi connectivity index (χ0n) is 42.4. The Balaban J connectivity index is 1.24. The highest BCUT2D eigenvalue weighted by molar-refractivity contribution is 5.93. The lowest BCUT2D eigenvalue weighted by molar-refractivity contribution is -0.246. The third-order valence-electron chi connectivity index (χ3n) is 13.5. The van der Waals surface area contributed by atoms with Crippen molar-refractivity contribution >= 4 is 29.9 Å². The third-order valence-corrected chi connectivity index (χ3v) is 13.5. The zero-order chi connectivity index (χ0) is 50.3. The van der Waals surface area contributed by atoms with Gasteiger partial charge in [0, 0.05) is 30.2 Å². The second-order valence-corrected chi connectivity index (χ2v) is 21.7. The van der Waals surface area contributed by atoms with Crippen LogP contribution in [-0.2, 0) is 30.3 Å². The molecule has 14 nitrogen and oxygen atoms in total. The number of hydrogen-bond acceptors (Lipinski definition) is 9. The van der Waals surface area contributed by atoms with E-state index in [1.165, 1.54) is 12.2 Å². The maximum absolute atomic E-state index is 14.8. The molecular weight excluding hydrogens is 873 g/mol. The summed E-state index contributed by atoms with van der Waals surface area (Å²) in [6, 6.07) is 22.8. The molecule has 1 aliphatic carbocycles. The lowest BCUT2D eigenvalue weighted by atomic mass is 9.79. The fourth-order valence-corrected chi connectivity index (χ4v) is 10.6. The van der Waals surface area contributed by atoms with Crippen LogP contribution in [0.3, 0.4) is 0 Å². The number of alkyl carbamates (subject to hydrolysis) is 1. The molecule has 2 saturated heterocycles. The molecule has 3 aliphatic rings. The molecule has 69 heavy (non-hydrogen) atoms. The average Bonchev–Trinajstić information content (AvgIpc) is 3.91. The summed E-state index contributed by atoms with van der Waals surface area (Å²) in [5, 5.41) is 21.7. The Kier molecular flexibility index (Phi) is 17.1. The smallest absolute Gasteiger partial charge is 0.410 e. The van der Waals surface area contributed by atoms with Gasteiger partial charge in [-0.05, 0) is 134 Å². The Morgan fingerprint density at radius 1 is 0.855 bits per heavy atom. The molecule has 0 unspecified atom stereocenters. The predicted molar refractivity (Wildman–Crippen MR) is 267 cm³/mol. The van der Waals surface area contributed by atoms with Gasteiger partial charge in [0.05, 0.1) is 25.1 Å². The zero-order valence-corrected chi connectivity index (χ0v) is 42.4. The van der Waals surface area contributed by atoms with E-state index in [1.54, 1.807) is 9.80 Å².